The van der Waals surface area contributed by atoms with Crippen LogP contribution in [0.4, 0.5) is 0 Å². The molecule has 1 unspecified atom stereocenters. The molecule has 0 saturated heterocycles. The molecule has 4 heteroatoms. The minimum atomic E-state index is -0.223. The van der Waals surface area contributed by atoms with E-state index in [1.165, 1.54) is 0 Å². The minimum Gasteiger partial charge on any atom is -0.492 e. The molecule has 0 radical (unpaired) electrons. The van der Waals surface area contributed by atoms with Gasteiger partial charge >= 0.3 is 0 Å². The van der Waals surface area contributed by atoms with Gasteiger partial charge in [0.25, 0.3) is 0 Å². The first-order valence-electron chi connectivity index (χ1n) is 6.39. The first-order valence-corrected chi connectivity index (χ1v) is 6.39. The van der Waals surface area contributed by atoms with E-state index in [4.69, 9.17) is 9.84 Å². The fourth-order valence-electron chi connectivity index (χ4n) is 2.31. The van der Waals surface area contributed by atoms with Gasteiger partial charge in [0.05, 0.1) is 6.61 Å². The van der Waals surface area contributed by atoms with Crippen molar-refractivity contribution in [2.24, 2.45) is 0 Å². The number of hydrogen-bond acceptors (Lipinski definition) is 3. The molecular formula is C14H19NO3. The maximum Gasteiger partial charge on any atom is 0.233 e. The summed E-state index contributed by atoms with van der Waals surface area (Å²) < 4.78 is 5.53. The number of fused-ring (bicyclic) bond motifs is 1. The molecule has 1 aromatic carbocycles. The predicted octanol–water partition coefficient (Wildman–Crippen LogP) is 1.39. The maximum absolute atomic E-state index is 12.4. The second kappa shape index (κ2) is 5.87. The quantitative estimate of drug-likeness (QED) is 0.858. The summed E-state index contributed by atoms with van der Waals surface area (Å²) in [6.07, 6.45) is 0.890. The number of rotatable bonds is 5. The fraction of sp³-hybridized carbons (Fsp3) is 0.500. The number of aliphatic hydroxyl groups excluding tert-OH is 1. The van der Waals surface area contributed by atoms with Crippen LogP contribution < -0.4 is 4.74 Å². The standard InChI is InChI=1S/C14H19NO3/c1-2-7-15(8-9-16)14(17)12-10-18-13-6-4-3-5-11(12)13/h3-6,12,16H,2,7-10H2,1H3. The van der Waals surface area contributed by atoms with E-state index in [0.717, 1.165) is 17.7 Å². The SMILES string of the molecule is CCCN(CCO)C(=O)C1COc2ccccc21. The van der Waals surface area contributed by atoms with Gasteiger partial charge < -0.3 is 14.7 Å². The van der Waals surface area contributed by atoms with E-state index in [-0.39, 0.29) is 18.4 Å². The third-order valence-electron chi connectivity index (χ3n) is 3.17. The van der Waals surface area contributed by atoms with E-state index in [0.29, 0.717) is 19.7 Å². The zero-order valence-electron chi connectivity index (χ0n) is 10.6. The number of para-hydroxylation sites is 1. The number of carbonyl (C=O) groups excluding carboxylic acids is 1. The van der Waals surface area contributed by atoms with Crippen molar-refractivity contribution in [2.75, 3.05) is 26.3 Å². The van der Waals surface area contributed by atoms with Crippen LogP contribution in [0.5, 0.6) is 5.75 Å². The van der Waals surface area contributed by atoms with Gasteiger partial charge in [-0.05, 0) is 12.5 Å². The first-order chi connectivity index (χ1) is 8.77. The second-order valence-electron chi connectivity index (χ2n) is 4.45. The summed E-state index contributed by atoms with van der Waals surface area (Å²) in [5.41, 5.74) is 0.960. The van der Waals surface area contributed by atoms with Crippen LogP contribution in [0.2, 0.25) is 0 Å². The lowest BCUT2D eigenvalue weighted by atomic mass is 10.00. The van der Waals surface area contributed by atoms with Crippen molar-refractivity contribution in [1.82, 2.24) is 4.90 Å². The molecule has 1 N–H and O–H groups in total. The summed E-state index contributed by atoms with van der Waals surface area (Å²) in [5.74, 6) is 0.631. The first kappa shape index (κ1) is 12.9. The van der Waals surface area contributed by atoms with E-state index < -0.39 is 0 Å². The zero-order chi connectivity index (χ0) is 13.0. The Balaban J connectivity index is 2.14. The van der Waals surface area contributed by atoms with Crippen LogP contribution in [0.1, 0.15) is 24.8 Å². The molecule has 1 atom stereocenters. The lowest BCUT2D eigenvalue weighted by Crippen LogP contribution is -2.38. The molecule has 4 nitrogen and oxygen atoms in total. The Morgan fingerprint density at radius 3 is 2.94 bits per heavy atom. The Hall–Kier alpha value is -1.55. The summed E-state index contributed by atoms with van der Waals surface area (Å²) in [6.45, 7) is 3.50. The van der Waals surface area contributed by atoms with Gasteiger partial charge in [-0.25, -0.2) is 0 Å². The molecule has 18 heavy (non-hydrogen) atoms. The molecule has 1 amide bonds. The largest absolute Gasteiger partial charge is 0.492 e. The summed E-state index contributed by atoms with van der Waals surface area (Å²) in [7, 11) is 0. The van der Waals surface area contributed by atoms with Gasteiger partial charge in [0.1, 0.15) is 18.3 Å². The van der Waals surface area contributed by atoms with Crippen molar-refractivity contribution >= 4 is 5.91 Å². The van der Waals surface area contributed by atoms with Crippen molar-refractivity contribution in [3.8, 4) is 5.75 Å². The number of hydrogen-bond donors (Lipinski definition) is 1. The van der Waals surface area contributed by atoms with Crippen LogP contribution in [0.3, 0.4) is 0 Å². The van der Waals surface area contributed by atoms with Gasteiger partial charge in [0.15, 0.2) is 0 Å². The van der Waals surface area contributed by atoms with Gasteiger partial charge in [-0.15, -0.1) is 0 Å². The molecule has 0 bridgehead atoms. The van der Waals surface area contributed by atoms with Crippen molar-refractivity contribution in [3.63, 3.8) is 0 Å². The topological polar surface area (TPSA) is 49.8 Å². The van der Waals surface area contributed by atoms with E-state index in [2.05, 4.69) is 0 Å². The van der Waals surface area contributed by atoms with Gasteiger partial charge in [-0.1, -0.05) is 25.1 Å². The molecule has 1 aromatic rings. The molecule has 0 saturated carbocycles. The molecule has 1 aliphatic rings. The predicted molar refractivity (Wildman–Crippen MR) is 68.6 cm³/mol. The van der Waals surface area contributed by atoms with E-state index in [1.807, 2.05) is 31.2 Å². The van der Waals surface area contributed by atoms with Crippen molar-refractivity contribution in [3.05, 3.63) is 29.8 Å². The van der Waals surface area contributed by atoms with Crippen molar-refractivity contribution < 1.29 is 14.6 Å². The number of carbonyl (C=O) groups is 1. The average Bonchev–Trinajstić information content (AvgIpc) is 2.81. The Labute approximate surface area is 107 Å². The van der Waals surface area contributed by atoms with Crippen LogP contribution >= 0.6 is 0 Å². The maximum atomic E-state index is 12.4. The van der Waals surface area contributed by atoms with Crippen LogP contribution in [0, 0.1) is 0 Å². The number of nitrogens with zero attached hydrogens (tertiary/aromatic N) is 1. The highest BCUT2D eigenvalue weighted by Crippen LogP contribution is 2.34. The molecule has 98 valence electrons. The highest BCUT2D eigenvalue weighted by molar-refractivity contribution is 5.85. The van der Waals surface area contributed by atoms with Crippen LogP contribution in [-0.2, 0) is 4.79 Å². The third-order valence-corrected chi connectivity index (χ3v) is 3.17. The Morgan fingerprint density at radius 2 is 2.22 bits per heavy atom. The molecule has 2 rings (SSSR count). The number of ether oxygens (including phenoxy) is 1. The molecule has 1 aliphatic heterocycles. The van der Waals surface area contributed by atoms with Gasteiger partial charge in [-0.2, -0.15) is 0 Å². The van der Waals surface area contributed by atoms with Crippen LogP contribution in [-0.4, -0.2) is 42.2 Å². The Bertz CT molecular complexity index is 413. The van der Waals surface area contributed by atoms with Crippen LogP contribution in [0.15, 0.2) is 24.3 Å². The Kier molecular flexibility index (Phi) is 4.20. The molecular weight excluding hydrogens is 230 g/mol. The summed E-state index contributed by atoms with van der Waals surface area (Å²) in [6, 6.07) is 7.65. The molecule has 0 spiro atoms. The smallest absolute Gasteiger partial charge is 0.233 e. The lowest BCUT2D eigenvalue weighted by molar-refractivity contribution is -0.133. The van der Waals surface area contributed by atoms with Gasteiger partial charge in [-0.3, -0.25) is 4.79 Å². The summed E-state index contributed by atoms with van der Waals surface area (Å²) in [5, 5.41) is 9.03. The number of amides is 1. The Morgan fingerprint density at radius 1 is 1.44 bits per heavy atom. The minimum absolute atomic E-state index is 0.000956. The van der Waals surface area contributed by atoms with Crippen molar-refractivity contribution in [2.45, 2.75) is 19.3 Å². The van der Waals surface area contributed by atoms with Gasteiger partial charge in [0, 0.05) is 18.7 Å². The van der Waals surface area contributed by atoms with Gasteiger partial charge in [0.2, 0.25) is 5.91 Å². The molecule has 1 heterocycles. The normalized spacial score (nSPS) is 17.1. The molecule has 0 aromatic heterocycles. The monoisotopic (exact) mass is 249 g/mol. The molecule has 0 fully saturated rings. The highest BCUT2D eigenvalue weighted by atomic mass is 16.5. The van der Waals surface area contributed by atoms with Crippen LogP contribution in [0.25, 0.3) is 0 Å². The average molecular weight is 249 g/mol. The number of aliphatic hydroxyl groups is 1. The van der Waals surface area contributed by atoms with Crippen molar-refractivity contribution in [1.29, 1.82) is 0 Å². The lowest BCUT2D eigenvalue weighted by Gasteiger charge is -2.23. The summed E-state index contributed by atoms with van der Waals surface area (Å²) >= 11 is 0. The second-order valence-corrected chi connectivity index (χ2v) is 4.45. The van der Waals surface area contributed by atoms with E-state index in [9.17, 15) is 4.79 Å². The summed E-state index contributed by atoms with van der Waals surface area (Å²) in [4.78, 5) is 14.1. The zero-order valence-corrected chi connectivity index (χ0v) is 10.6. The fourth-order valence-corrected chi connectivity index (χ4v) is 2.31. The molecule has 0 aliphatic carbocycles. The highest BCUT2D eigenvalue weighted by Gasteiger charge is 2.32. The third kappa shape index (κ3) is 2.48. The van der Waals surface area contributed by atoms with E-state index in [1.54, 1.807) is 4.90 Å². The van der Waals surface area contributed by atoms with E-state index >= 15 is 0 Å². The number of benzene rings is 1.